The van der Waals surface area contributed by atoms with E-state index in [1.165, 1.54) is 6.42 Å². The first-order chi connectivity index (χ1) is 6.15. The molecule has 2 N–H and O–H groups in total. The van der Waals surface area contributed by atoms with Crippen molar-refractivity contribution in [1.82, 2.24) is 0 Å². The molecule has 1 aliphatic heterocycles. The Bertz CT molecular complexity index is 275. The maximum Gasteiger partial charge on any atom is 0.294 e. The smallest absolute Gasteiger partial charge is 0.294 e. The van der Waals surface area contributed by atoms with Crippen molar-refractivity contribution in [1.29, 1.82) is 0 Å². The number of rotatable bonds is 0. The zero-order valence-electron chi connectivity index (χ0n) is 7.75. The summed E-state index contributed by atoms with van der Waals surface area (Å²) in [6.45, 7) is 2.03. The van der Waals surface area contributed by atoms with Gasteiger partial charge in [0, 0.05) is 5.92 Å². The predicted molar refractivity (Wildman–Crippen MR) is 48.1 cm³/mol. The molecule has 1 fully saturated rings. The first-order valence-corrected chi connectivity index (χ1v) is 4.73. The van der Waals surface area contributed by atoms with Gasteiger partial charge in [-0.1, -0.05) is 13.3 Å². The summed E-state index contributed by atoms with van der Waals surface area (Å²) < 4.78 is 5.39. The van der Waals surface area contributed by atoms with Crippen molar-refractivity contribution in [2.24, 2.45) is 16.6 Å². The van der Waals surface area contributed by atoms with Crippen LogP contribution in [0.1, 0.15) is 32.6 Å². The van der Waals surface area contributed by atoms with Crippen molar-refractivity contribution in [3.63, 3.8) is 0 Å². The monoisotopic (exact) mass is 182 g/mol. The summed E-state index contributed by atoms with van der Waals surface area (Å²) in [6, 6.07) is 0.0405. The molecule has 0 bridgehead atoms. The summed E-state index contributed by atoms with van der Waals surface area (Å²) in [4.78, 5) is 15.2. The lowest BCUT2D eigenvalue weighted by molar-refractivity contribution is -0.138. The SMILES string of the molecule is CC1CCCCC12OC(N)=NC2=O. The fourth-order valence-corrected chi connectivity index (χ4v) is 2.23. The molecule has 4 nitrogen and oxygen atoms in total. The molecule has 2 atom stereocenters. The van der Waals surface area contributed by atoms with E-state index in [4.69, 9.17) is 10.5 Å². The second-order valence-electron chi connectivity index (χ2n) is 3.89. The van der Waals surface area contributed by atoms with Crippen LogP contribution in [0.5, 0.6) is 0 Å². The average Bonchev–Trinajstić information content (AvgIpc) is 2.35. The zero-order chi connectivity index (χ0) is 9.47. The summed E-state index contributed by atoms with van der Waals surface area (Å²) >= 11 is 0. The Hall–Kier alpha value is -1.06. The lowest BCUT2D eigenvalue weighted by Gasteiger charge is -2.35. The average molecular weight is 182 g/mol. The van der Waals surface area contributed by atoms with E-state index in [1.807, 2.05) is 6.92 Å². The number of hydrogen-bond donors (Lipinski definition) is 1. The largest absolute Gasteiger partial charge is 0.448 e. The Morgan fingerprint density at radius 2 is 2.38 bits per heavy atom. The van der Waals surface area contributed by atoms with E-state index in [2.05, 4.69) is 4.99 Å². The molecule has 0 aromatic carbocycles. The van der Waals surface area contributed by atoms with Crippen molar-refractivity contribution >= 4 is 11.9 Å². The molecule has 1 spiro atoms. The van der Waals surface area contributed by atoms with Crippen LogP contribution < -0.4 is 5.73 Å². The Morgan fingerprint density at radius 3 is 2.92 bits per heavy atom. The van der Waals surface area contributed by atoms with Crippen molar-refractivity contribution in [3.8, 4) is 0 Å². The van der Waals surface area contributed by atoms with Gasteiger partial charge in [-0.05, 0) is 19.3 Å². The van der Waals surface area contributed by atoms with Gasteiger partial charge in [0.1, 0.15) is 0 Å². The number of nitrogens with two attached hydrogens (primary N) is 1. The number of hydrogen-bond acceptors (Lipinski definition) is 3. The predicted octanol–water partition coefficient (Wildman–Crippen LogP) is 0.807. The van der Waals surface area contributed by atoms with Crippen molar-refractivity contribution in [2.45, 2.75) is 38.2 Å². The van der Waals surface area contributed by atoms with Gasteiger partial charge in [0.2, 0.25) is 0 Å². The van der Waals surface area contributed by atoms with Gasteiger partial charge in [0.15, 0.2) is 5.60 Å². The maximum absolute atomic E-state index is 11.6. The van der Waals surface area contributed by atoms with Crippen LogP contribution in [0.2, 0.25) is 0 Å². The molecule has 2 aliphatic rings. The second kappa shape index (κ2) is 2.72. The van der Waals surface area contributed by atoms with E-state index in [-0.39, 0.29) is 17.8 Å². The fourth-order valence-electron chi connectivity index (χ4n) is 2.23. The van der Waals surface area contributed by atoms with Gasteiger partial charge in [-0.2, -0.15) is 4.99 Å². The van der Waals surface area contributed by atoms with Crippen LogP contribution in [0.4, 0.5) is 0 Å². The fraction of sp³-hybridized carbons (Fsp3) is 0.778. The number of carbonyl (C=O) groups is 1. The van der Waals surface area contributed by atoms with E-state index in [0.717, 1.165) is 19.3 Å². The molecule has 0 radical (unpaired) electrons. The summed E-state index contributed by atoms with van der Waals surface area (Å²) in [5.41, 5.74) is 4.69. The Morgan fingerprint density at radius 1 is 1.62 bits per heavy atom. The van der Waals surface area contributed by atoms with Gasteiger partial charge in [-0.15, -0.1) is 0 Å². The lowest BCUT2D eigenvalue weighted by Crippen LogP contribution is -2.46. The molecule has 13 heavy (non-hydrogen) atoms. The van der Waals surface area contributed by atoms with Crippen LogP contribution in [0, 0.1) is 5.92 Å². The third-order valence-electron chi connectivity index (χ3n) is 3.09. The molecule has 72 valence electrons. The molecular weight excluding hydrogens is 168 g/mol. The molecule has 2 unspecified atom stereocenters. The van der Waals surface area contributed by atoms with Gasteiger partial charge in [-0.3, -0.25) is 4.79 Å². The van der Waals surface area contributed by atoms with Crippen LogP contribution in [0.15, 0.2) is 4.99 Å². The quantitative estimate of drug-likeness (QED) is 0.602. The topological polar surface area (TPSA) is 64.7 Å². The highest BCUT2D eigenvalue weighted by atomic mass is 16.5. The van der Waals surface area contributed by atoms with Crippen LogP contribution in [-0.4, -0.2) is 17.5 Å². The molecule has 1 aliphatic carbocycles. The summed E-state index contributed by atoms with van der Waals surface area (Å²) in [5.74, 6) is 0.0516. The lowest BCUT2D eigenvalue weighted by atomic mass is 9.76. The number of aliphatic imine (C=N–C) groups is 1. The minimum Gasteiger partial charge on any atom is -0.448 e. The van der Waals surface area contributed by atoms with E-state index < -0.39 is 5.60 Å². The third kappa shape index (κ3) is 1.12. The highest BCUT2D eigenvalue weighted by Gasteiger charge is 2.51. The Labute approximate surface area is 77.2 Å². The molecule has 0 aromatic rings. The van der Waals surface area contributed by atoms with Crippen molar-refractivity contribution in [3.05, 3.63) is 0 Å². The minimum atomic E-state index is -0.706. The first-order valence-electron chi connectivity index (χ1n) is 4.73. The highest BCUT2D eigenvalue weighted by molar-refractivity contribution is 6.01. The Balaban J connectivity index is 2.25. The highest BCUT2D eigenvalue weighted by Crippen LogP contribution is 2.39. The van der Waals surface area contributed by atoms with Gasteiger partial charge < -0.3 is 10.5 Å². The number of amides is 1. The molecule has 4 heteroatoms. The number of nitrogens with zero attached hydrogens (tertiary/aromatic N) is 1. The standard InChI is InChI=1S/C9H14N2O2/c1-6-4-2-3-5-9(6)7(12)11-8(10)13-9/h6H,2-5H2,1H3,(H2,10,11,12). The number of amidine groups is 1. The summed E-state index contributed by atoms with van der Waals surface area (Å²) in [5, 5.41) is 0. The van der Waals surface area contributed by atoms with Gasteiger partial charge in [-0.25, -0.2) is 0 Å². The van der Waals surface area contributed by atoms with Crippen LogP contribution in [-0.2, 0) is 9.53 Å². The second-order valence-corrected chi connectivity index (χ2v) is 3.89. The molecule has 2 rings (SSSR count). The molecule has 1 saturated carbocycles. The van der Waals surface area contributed by atoms with Crippen molar-refractivity contribution in [2.75, 3.05) is 0 Å². The molecule has 0 saturated heterocycles. The molecule has 0 aromatic heterocycles. The van der Waals surface area contributed by atoms with Gasteiger partial charge in [0.25, 0.3) is 11.9 Å². The maximum atomic E-state index is 11.6. The van der Waals surface area contributed by atoms with E-state index >= 15 is 0 Å². The summed E-state index contributed by atoms with van der Waals surface area (Å²) in [6.07, 6.45) is 3.98. The summed E-state index contributed by atoms with van der Waals surface area (Å²) in [7, 11) is 0. The number of ether oxygens (including phenoxy) is 1. The third-order valence-corrected chi connectivity index (χ3v) is 3.09. The molecular formula is C9H14N2O2. The van der Waals surface area contributed by atoms with E-state index in [9.17, 15) is 4.79 Å². The van der Waals surface area contributed by atoms with Crippen molar-refractivity contribution < 1.29 is 9.53 Å². The van der Waals surface area contributed by atoms with Crippen LogP contribution in [0.25, 0.3) is 0 Å². The van der Waals surface area contributed by atoms with Crippen LogP contribution in [0.3, 0.4) is 0 Å². The minimum absolute atomic E-state index is 0.0405. The van der Waals surface area contributed by atoms with Gasteiger partial charge >= 0.3 is 0 Å². The van der Waals surface area contributed by atoms with Crippen LogP contribution >= 0.6 is 0 Å². The van der Waals surface area contributed by atoms with Gasteiger partial charge in [0.05, 0.1) is 0 Å². The Kier molecular flexibility index (Phi) is 1.78. The number of carbonyl (C=O) groups excluding carboxylic acids is 1. The van der Waals surface area contributed by atoms with E-state index in [1.54, 1.807) is 0 Å². The molecule has 1 heterocycles. The molecule has 1 amide bonds. The van der Waals surface area contributed by atoms with E-state index in [0.29, 0.717) is 0 Å². The normalized spacial score (nSPS) is 39.0. The zero-order valence-corrected chi connectivity index (χ0v) is 7.75. The first kappa shape index (κ1) is 8.53.